The molecule has 0 atom stereocenters. The first-order valence-electron chi connectivity index (χ1n) is 11.4. The number of hydrogen-bond acceptors (Lipinski definition) is 6. The van der Waals surface area contributed by atoms with Crippen molar-refractivity contribution >= 4 is 11.7 Å². The lowest BCUT2D eigenvalue weighted by molar-refractivity contribution is -0.136. The molecule has 1 aliphatic rings. The topological polar surface area (TPSA) is 84.8 Å². The van der Waals surface area contributed by atoms with Gasteiger partial charge in [0.15, 0.2) is 0 Å². The maximum atomic E-state index is 11.6. The Morgan fingerprint density at radius 2 is 1.88 bits per heavy atom. The Morgan fingerprint density at radius 3 is 2.50 bits per heavy atom. The number of aryl methyl sites for hydroxylation is 1. The predicted molar refractivity (Wildman–Crippen MR) is 125 cm³/mol. The summed E-state index contributed by atoms with van der Waals surface area (Å²) in [4.78, 5) is 23.1. The van der Waals surface area contributed by atoms with Gasteiger partial charge in [-0.1, -0.05) is 20.8 Å². The highest BCUT2D eigenvalue weighted by molar-refractivity contribution is 5.83. The minimum absolute atomic E-state index is 0.0547. The van der Waals surface area contributed by atoms with E-state index in [1.54, 1.807) is 6.20 Å². The highest BCUT2D eigenvalue weighted by atomic mass is 16.5. The number of aliphatic carboxylic acids is 1. The molecule has 1 fully saturated rings. The molecular weight excluding hydrogens is 406 g/mol. The smallest absolute Gasteiger partial charge is 0.307 e. The van der Waals surface area contributed by atoms with Crippen molar-refractivity contribution in [1.82, 2.24) is 9.97 Å². The van der Waals surface area contributed by atoms with Crippen molar-refractivity contribution in [2.24, 2.45) is 5.41 Å². The standard InChI is InChI=1S/C25H35N3O4/c1-5-12-31-13-14-32-19-6-7-22(27-16-19)21-17-26-18(2)20(15-23(29)30)24(21)28-10-8-25(3,4)9-11-28/h6-7,16-17H,5,8-15H2,1-4H3,(H,29,30). The van der Waals surface area contributed by atoms with E-state index in [-0.39, 0.29) is 6.42 Å². The summed E-state index contributed by atoms with van der Waals surface area (Å²) in [6.07, 6.45) is 6.57. The number of hydrogen-bond donors (Lipinski definition) is 1. The zero-order chi connectivity index (χ0) is 23.1. The highest BCUT2D eigenvalue weighted by Gasteiger charge is 2.29. The van der Waals surface area contributed by atoms with Gasteiger partial charge in [-0.2, -0.15) is 0 Å². The van der Waals surface area contributed by atoms with Crippen LogP contribution in [-0.2, 0) is 16.0 Å². The average Bonchev–Trinajstić information content (AvgIpc) is 2.75. The van der Waals surface area contributed by atoms with E-state index in [9.17, 15) is 9.90 Å². The molecule has 0 spiro atoms. The van der Waals surface area contributed by atoms with Gasteiger partial charge in [-0.15, -0.1) is 0 Å². The van der Waals surface area contributed by atoms with Crippen LogP contribution in [0.25, 0.3) is 11.3 Å². The zero-order valence-electron chi connectivity index (χ0n) is 19.7. The van der Waals surface area contributed by atoms with E-state index in [2.05, 4.69) is 35.6 Å². The largest absolute Gasteiger partial charge is 0.490 e. The van der Waals surface area contributed by atoms with E-state index in [1.165, 1.54) is 0 Å². The van der Waals surface area contributed by atoms with Gasteiger partial charge in [0.2, 0.25) is 0 Å². The molecular formula is C25H35N3O4. The van der Waals surface area contributed by atoms with Crippen LogP contribution in [0.5, 0.6) is 5.75 Å². The number of anilines is 1. The number of carboxylic acids is 1. The molecule has 0 amide bonds. The summed E-state index contributed by atoms with van der Waals surface area (Å²) in [5, 5.41) is 9.54. The fourth-order valence-electron chi connectivity index (χ4n) is 3.97. The predicted octanol–water partition coefficient (Wildman–Crippen LogP) is 4.51. The van der Waals surface area contributed by atoms with Crippen LogP contribution in [0.2, 0.25) is 0 Å². The first kappa shape index (κ1) is 24.0. The van der Waals surface area contributed by atoms with Crippen molar-refractivity contribution in [1.29, 1.82) is 0 Å². The summed E-state index contributed by atoms with van der Waals surface area (Å²) in [5.41, 5.74) is 4.39. The maximum absolute atomic E-state index is 11.6. The summed E-state index contributed by atoms with van der Waals surface area (Å²) in [6.45, 7) is 12.1. The summed E-state index contributed by atoms with van der Waals surface area (Å²) >= 11 is 0. The molecule has 0 bridgehead atoms. The molecule has 1 saturated heterocycles. The molecule has 3 rings (SSSR count). The Labute approximate surface area is 190 Å². The second-order valence-electron chi connectivity index (χ2n) is 9.15. The van der Waals surface area contributed by atoms with Gasteiger partial charge < -0.3 is 19.5 Å². The molecule has 1 N–H and O–H groups in total. The zero-order valence-corrected chi connectivity index (χ0v) is 19.7. The van der Waals surface area contributed by atoms with Crippen molar-refractivity contribution in [2.45, 2.75) is 53.4 Å². The van der Waals surface area contributed by atoms with Crippen LogP contribution in [0, 0.1) is 12.3 Å². The molecule has 1 aliphatic heterocycles. The van der Waals surface area contributed by atoms with Crippen LogP contribution in [0.3, 0.4) is 0 Å². The highest BCUT2D eigenvalue weighted by Crippen LogP contribution is 2.39. The van der Waals surface area contributed by atoms with Crippen molar-refractivity contribution in [3.8, 4) is 17.0 Å². The van der Waals surface area contributed by atoms with Crippen molar-refractivity contribution in [2.75, 3.05) is 37.8 Å². The number of carboxylic acid groups (broad SMARTS) is 1. The van der Waals surface area contributed by atoms with Crippen molar-refractivity contribution < 1.29 is 19.4 Å². The lowest BCUT2D eigenvalue weighted by Crippen LogP contribution is -2.38. The Morgan fingerprint density at radius 1 is 1.12 bits per heavy atom. The van der Waals surface area contributed by atoms with Gasteiger partial charge >= 0.3 is 5.97 Å². The number of rotatable bonds is 10. The Bertz CT molecular complexity index is 902. The quantitative estimate of drug-likeness (QED) is 0.543. The molecule has 0 radical (unpaired) electrons. The van der Waals surface area contributed by atoms with E-state index < -0.39 is 5.97 Å². The lowest BCUT2D eigenvalue weighted by atomic mass is 9.82. The van der Waals surface area contributed by atoms with Crippen LogP contribution in [-0.4, -0.2) is 54.0 Å². The van der Waals surface area contributed by atoms with E-state index >= 15 is 0 Å². The summed E-state index contributed by atoms with van der Waals surface area (Å²) in [5.74, 6) is -0.173. The second-order valence-corrected chi connectivity index (χ2v) is 9.15. The van der Waals surface area contributed by atoms with Gasteiger partial charge in [-0.3, -0.25) is 14.8 Å². The summed E-state index contributed by atoms with van der Waals surface area (Å²) < 4.78 is 11.2. The number of nitrogens with zero attached hydrogens (tertiary/aromatic N) is 3. The molecule has 2 aromatic heterocycles. The fourth-order valence-corrected chi connectivity index (χ4v) is 3.97. The van der Waals surface area contributed by atoms with Crippen molar-refractivity contribution in [3.63, 3.8) is 0 Å². The molecule has 0 unspecified atom stereocenters. The van der Waals surface area contributed by atoms with Gasteiger partial charge in [-0.05, 0) is 43.7 Å². The van der Waals surface area contributed by atoms with Crippen LogP contribution in [0.1, 0.15) is 51.3 Å². The monoisotopic (exact) mass is 441 g/mol. The minimum atomic E-state index is -0.854. The van der Waals surface area contributed by atoms with Gasteiger partial charge in [0.1, 0.15) is 12.4 Å². The molecule has 3 heterocycles. The van der Waals surface area contributed by atoms with Crippen molar-refractivity contribution in [3.05, 3.63) is 35.8 Å². The van der Waals surface area contributed by atoms with Crippen LogP contribution >= 0.6 is 0 Å². The Kier molecular flexibility index (Phi) is 8.07. The first-order chi connectivity index (χ1) is 15.3. The van der Waals surface area contributed by atoms with Crippen LogP contribution in [0.4, 0.5) is 5.69 Å². The molecule has 174 valence electrons. The second kappa shape index (κ2) is 10.8. The molecule has 0 aliphatic carbocycles. The number of ether oxygens (including phenoxy) is 2. The van der Waals surface area contributed by atoms with E-state index in [0.29, 0.717) is 24.4 Å². The molecule has 7 heteroatoms. The Balaban J connectivity index is 1.88. The van der Waals surface area contributed by atoms with Crippen LogP contribution in [0.15, 0.2) is 24.5 Å². The normalized spacial score (nSPS) is 15.6. The molecule has 2 aromatic rings. The molecule has 7 nitrogen and oxygen atoms in total. The fraction of sp³-hybridized carbons (Fsp3) is 0.560. The van der Waals surface area contributed by atoms with E-state index in [1.807, 2.05) is 25.3 Å². The van der Waals surface area contributed by atoms with Crippen LogP contribution < -0.4 is 9.64 Å². The van der Waals surface area contributed by atoms with Gasteiger partial charge in [-0.25, -0.2) is 0 Å². The van der Waals surface area contributed by atoms with Gasteiger partial charge in [0.25, 0.3) is 0 Å². The minimum Gasteiger partial charge on any atom is -0.490 e. The third-order valence-corrected chi connectivity index (χ3v) is 5.98. The third-order valence-electron chi connectivity index (χ3n) is 5.98. The van der Waals surface area contributed by atoms with E-state index in [0.717, 1.165) is 67.2 Å². The van der Waals surface area contributed by atoms with E-state index in [4.69, 9.17) is 9.47 Å². The average molecular weight is 442 g/mol. The Hall–Kier alpha value is -2.67. The summed E-state index contributed by atoms with van der Waals surface area (Å²) in [6, 6.07) is 3.80. The number of carbonyl (C=O) groups is 1. The summed E-state index contributed by atoms with van der Waals surface area (Å²) in [7, 11) is 0. The third kappa shape index (κ3) is 6.19. The van der Waals surface area contributed by atoms with Gasteiger partial charge in [0, 0.05) is 42.7 Å². The number of pyridine rings is 2. The number of piperidine rings is 1. The molecule has 0 aromatic carbocycles. The SMILES string of the molecule is CCCOCCOc1ccc(-c2cnc(C)c(CC(=O)O)c2N2CCC(C)(C)CC2)nc1. The maximum Gasteiger partial charge on any atom is 0.307 e. The van der Waals surface area contributed by atoms with Gasteiger partial charge in [0.05, 0.1) is 30.6 Å². The molecule has 0 saturated carbocycles. The molecule has 32 heavy (non-hydrogen) atoms. The lowest BCUT2D eigenvalue weighted by Gasteiger charge is -2.40. The number of aromatic nitrogens is 2. The first-order valence-corrected chi connectivity index (χ1v) is 11.4.